The highest BCUT2D eigenvalue weighted by molar-refractivity contribution is 6.20. The number of hydrogen-bond donors (Lipinski definition) is 1. The molecular weight excluding hydrogens is 194 g/mol. The van der Waals surface area contributed by atoms with Crippen LogP contribution >= 0.6 is 0 Å². The van der Waals surface area contributed by atoms with Crippen LogP contribution in [-0.2, 0) is 9.53 Å². The number of ether oxygens (including phenoxy) is 1. The molecule has 1 amide bonds. The van der Waals surface area contributed by atoms with E-state index in [1.165, 1.54) is 7.11 Å². The van der Waals surface area contributed by atoms with Gasteiger partial charge in [-0.05, 0) is 0 Å². The SMILES string of the molecule is COC1=C(NC=O)C(=O)c2ccccc21. The lowest BCUT2D eigenvalue weighted by Gasteiger charge is -2.03. The second kappa shape index (κ2) is 3.57. The quantitative estimate of drug-likeness (QED) is 0.744. The Morgan fingerprint density at radius 2 is 1.93 bits per heavy atom. The second-order valence-electron chi connectivity index (χ2n) is 3.05. The van der Waals surface area contributed by atoms with Crippen LogP contribution in [0.4, 0.5) is 0 Å². The average Bonchev–Trinajstić information content (AvgIpc) is 2.54. The summed E-state index contributed by atoms with van der Waals surface area (Å²) in [5.74, 6) is 0.206. The minimum Gasteiger partial charge on any atom is -0.494 e. The molecule has 4 heteroatoms. The Bertz CT molecular complexity index is 463. The standard InChI is InChI=1S/C11H9NO3/c1-15-11-8-5-3-2-4-7(8)10(14)9(11)12-6-13/h2-6H,1H3,(H,12,13,14). The lowest BCUT2D eigenvalue weighted by atomic mass is 10.1. The first-order valence-corrected chi connectivity index (χ1v) is 4.42. The van der Waals surface area contributed by atoms with Gasteiger partial charge in [-0.2, -0.15) is 0 Å². The number of nitrogens with one attached hydrogen (secondary N) is 1. The van der Waals surface area contributed by atoms with Crippen molar-refractivity contribution >= 4 is 18.0 Å². The van der Waals surface area contributed by atoms with Crippen LogP contribution in [0.3, 0.4) is 0 Å². The summed E-state index contributed by atoms with van der Waals surface area (Å²) in [5.41, 5.74) is 1.47. The van der Waals surface area contributed by atoms with E-state index in [-0.39, 0.29) is 11.5 Å². The molecule has 0 saturated carbocycles. The topological polar surface area (TPSA) is 55.4 Å². The molecule has 0 unspecified atom stereocenters. The van der Waals surface area contributed by atoms with Gasteiger partial charge >= 0.3 is 0 Å². The maximum atomic E-state index is 11.8. The van der Waals surface area contributed by atoms with Crippen molar-refractivity contribution in [1.29, 1.82) is 0 Å². The van der Waals surface area contributed by atoms with E-state index in [0.29, 0.717) is 23.3 Å². The summed E-state index contributed by atoms with van der Waals surface area (Å²) in [6, 6.07) is 7.07. The minimum atomic E-state index is -0.213. The molecule has 0 spiro atoms. The zero-order chi connectivity index (χ0) is 10.8. The number of carbonyl (C=O) groups is 2. The first-order valence-electron chi connectivity index (χ1n) is 4.42. The Hall–Kier alpha value is -2.10. The largest absolute Gasteiger partial charge is 0.494 e. The second-order valence-corrected chi connectivity index (χ2v) is 3.05. The van der Waals surface area contributed by atoms with Crippen molar-refractivity contribution in [3.05, 3.63) is 41.1 Å². The van der Waals surface area contributed by atoms with E-state index in [1.54, 1.807) is 18.2 Å². The Kier molecular flexibility index (Phi) is 2.25. The molecule has 0 fully saturated rings. The first kappa shape index (κ1) is 9.45. The normalized spacial score (nSPS) is 13.8. The van der Waals surface area contributed by atoms with Crippen LogP contribution in [-0.4, -0.2) is 19.3 Å². The molecule has 1 aromatic rings. The molecule has 0 heterocycles. The van der Waals surface area contributed by atoms with Gasteiger partial charge in [-0.3, -0.25) is 9.59 Å². The predicted molar refractivity (Wildman–Crippen MR) is 53.9 cm³/mol. The summed E-state index contributed by atoms with van der Waals surface area (Å²) in [5, 5.41) is 2.37. The molecule has 1 aliphatic carbocycles. The molecule has 0 bridgehead atoms. The van der Waals surface area contributed by atoms with Gasteiger partial charge in [0, 0.05) is 11.1 Å². The highest BCUT2D eigenvalue weighted by Crippen LogP contribution is 2.31. The summed E-state index contributed by atoms with van der Waals surface area (Å²) in [4.78, 5) is 22.2. The summed E-state index contributed by atoms with van der Waals surface area (Å²) in [6.45, 7) is 0. The molecule has 0 radical (unpaired) electrons. The minimum absolute atomic E-state index is 0.203. The summed E-state index contributed by atoms with van der Waals surface area (Å²) in [6.07, 6.45) is 0.470. The van der Waals surface area contributed by atoms with E-state index < -0.39 is 0 Å². The fourth-order valence-corrected chi connectivity index (χ4v) is 1.65. The van der Waals surface area contributed by atoms with Crippen LogP contribution in [0.5, 0.6) is 0 Å². The molecule has 4 nitrogen and oxygen atoms in total. The van der Waals surface area contributed by atoms with Crippen molar-refractivity contribution < 1.29 is 14.3 Å². The Balaban J connectivity index is 2.58. The van der Waals surface area contributed by atoms with Gasteiger partial charge in [0.2, 0.25) is 12.2 Å². The van der Waals surface area contributed by atoms with Crippen LogP contribution in [0, 0.1) is 0 Å². The fourth-order valence-electron chi connectivity index (χ4n) is 1.65. The van der Waals surface area contributed by atoms with E-state index in [9.17, 15) is 9.59 Å². The van der Waals surface area contributed by atoms with Gasteiger partial charge in [0.25, 0.3) is 0 Å². The molecule has 2 rings (SSSR count). The number of fused-ring (bicyclic) bond motifs is 1. The van der Waals surface area contributed by atoms with E-state index >= 15 is 0 Å². The van der Waals surface area contributed by atoms with Crippen molar-refractivity contribution in [2.24, 2.45) is 0 Å². The van der Waals surface area contributed by atoms with Crippen LogP contribution in [0.15, 0.2) is 30.0 Å². The molecule has 1 N–H and O–H groups in total. The van der Waals surface area contributed by atoms with Crippen molar-refractivity contribution in [2.45, 2.75) is 0 Å². The van der Waals surface area contributed by atoms with Gasteiger partial charge in [-0.25, -0.2) is 0 Å². The third-order valence-electron chi connectivity index (χ3n) is 2.28. The van der Waals surface area contributed by atoms with Gasteiger partial charge < -0.3 is 10.1 Å². The van der Waals surface area contributed by atoms with E-state index in [2.05, 4.69) is 5.32 Å². The molecule has 1 aliphatic rings. The van der Waals surface area contributed by atoms with Crippen molar-refractivity contribution in [1.82, 2.24) is 5.32 Å². The number of allylic oxidation sites excluding steroid dienone is 1. The number of methoxy groups -OCH3 is 1. The number of ketones is 1. The van der Waals surface area contributed by atoms with Gasteiger partial charge in [0.15, 0.2) is 5.76 Å². The molecule has 0 aliphatic heterocycles. The molecule has 1 aromatic carbocycles. The lowest BCUT2D eigenvalue weighted by molar-refractivity contribution is -0.108. The molecule has 0 atom stereocenters. The third-order valence-corrected chi connectivity index (χ3v) is 2.28. The zero-order valence-corrected chi connectivity index (χ0v) is 8.11. The number of amides is 1. The molecule has 0 aromatic heterocycles. The van der Waals surface area contributed by atoms with Crippen molar-refractivity contribution in [3.8, 4) is 0 Å². The van der Waals surface area contributed by atoms with Gasteiger partial charge in [0.05, 0.1) is 7.11 Å². The smallest absolute Gasteiger partial charge is 0.213 e. The van der Waals surface area contributed by atoms with Crippen LogP contribution < -0.4 is 5.32 Å². The Morgan fingerprint density at radius 1 is 1.27 bits per heavy atom. The zero-order valence-electron chi connectivity index (χ0n) is 8.11. The molecule has 0 saturated heterocycles. The van der Waals surface area contributed by atoms with Gasteiger partial charge in [-0.15, -0.1) is 0 Å². The third kappa shape index (κ3) is 1.30. The Morgan fingerprint density at radius 3 is 2.53 bits per heavy atom. The molecule has 15 heavy (non-hydrogen) atoms. The number of hydrogen-bond acceptors (Lipinski definition) is 3. The number of benzene rings is 1. The summed E-state index contributed by atoms with van der Waals surface area (Å²) < 4.78 is 5.11. The highest BCUT2D eigenvalue weighted by Gasteiger charge is 2.29. The Labute approximate surface area is 86.5 Å². The monoisotopic (exact) mass is 203 g/mol. The maximum Gasteiger partial charge on any atom is 0.213 e. The molecular formula is C11H9NO3. The van der Waals surface area contributed by atoms with Crippen LogP contribution in [0.2, 0.25) is 0 Å². The van der Waals surface area contributed by atoms with Gasteiger partial charge in [0.1, 0.15) is 5.70 Å². The number of Topliss-reactive ketones (excluding diaryl/α,β-unsaturated/α-hetero) is 1. The van der Waals surface area contributed by atoms with Crippen LogP contribution in [0.25, 0.3) is 5.76 Å². The summed E-state index contributed by atoms with van der Waals surface area (Å²) >= 11 is 0. The van der Waals surface area contributed by atoms with Gasteiger partial charge in [-0.1, -0.05) is 24.3 Å². The number of carbonyl (C=O) groups excluding carboxylic acids is 2. The lowest BCUT2D eigenvalue weighted by Crippen LogP contribution is -2.17. The van der Waals surface area contributed by atoms with E-state index in [0.717, 1.165) is 0 Å². The summed E-state index contributed by atoms with van der Waals surface area (Å²) in [7, 11) is 1.47. The average molecular weight is 203 g/mol. The fraction of sp³-hybridized carbons (Fsp3) is 0.0909. The van der Waals surface area contributed by atoms with E-state index in [4.69, 9.17) is 4.74 Å². The predicted octanol–water partition coefficient (Wildman–Crippen LogP) is 0.944. The maximum absolute atomic E-state index is 11.8. The highest BCUT2D eigenvalue weighted by atomic mass is 16.5. The van der Waals surface area contributed by atoms with E-state index in [1.807, 2.05) is 6.07 Å². The number of rotatable bonds is 3. The first-order chi connectivity index (χ1) is 7.29. The molecule has 76 valence electrons. The van der Waals surface area contributed by atoms with Crippen molar-refractivity contribution in [3.63, 3.8) is 0 Å². The van der Waals surface area contributed by atoms with Crippen molar-refractivity contribution in [2.75, 3.05) is 7.11 Å². The van der Waals surface area contributed by atoms with Crippen LogP contribution in [0.1, 0.15) is 15.9 Å².